The molecule has 1 atom stereocenters. The van der Waals surface area contributed by atoms with E-state index in [0.717, 1.165) is 24.2 Å². The average molecular weight is 348 g/mol. The van der Waals surface area contributed by atoms with Crippen LogP contribution in [0.15, 0.2) is 72.5 Å². The van der Waals surface area contributed by atoms with E-state index in [1.54, 1.807) is 11.2 Å². The van der Waals surface area contributed by atoms with E-state index in [1.807, 2.05) is 47.4 Å². The summed E-state index contributed by atoms with van der Waals surface area (Å²) in [6.45, 7) is 9.06. The van der Waals surface area contributed by atoms with Crippen LogP contribution in [0.3, 0.4) is 0 Å². The fourth-order valence-corrected chi connectivity index (χ4v) is 3.29. The minimum Gasteiger partial charge on any atom is -0.333 e. The summed E-state index contributed by atoms with van der Waals surface area (Å²) in [6.07, 6.45) is 2.45. The standard InChI is InChI=1S/C21H24N4O/c1-3-25(22-2)19-11-7-10-18(13-19)16-24-20(14-23-15-21(24)26)12-17-8-5-4-6-9-17/h3-11,13,20,23H,1-2,12,14-16H2/t20-/m0/s1. The molecule has 0 unspecified atom stereocenters. The summed E-state index contributed by atoms with van der Waals surface area (Å²) in [5, 5.41) is 8.77. The Labute approximate surface area is 154 Å². The van der Waals surface area contributed by atoms with Gasteiger partial charge in [0, 0.05) is 32.0 Å². The van der Waals surface area contributed by atoms with Gasteiger partial charge in [-0.15, -0.1) is 0 Å². The second-order valence-electron chi connectivity index (χ2n) is 6.33. The highest BCUT2D eigenvalue weighted by Gasteiger charge is 2.28. The van der Waals surface area contributed by atoms with Gasteiger partial charge >= 0.3 is 0 Å². The summed E-state index contributed by atoms with van der Waals surface area (Å²) < 4.78 is 0. The van der Waals surface area contributed by atoms with Gasteiger partial charge in [0.05, 0.1) is 12.2 Å². The second-order valence-corrected chi connectivity index (χ2v) is 6.33. The first-order chi connectivity index (χ1) is 12.7. The number of carbonyl (C=O) groups is 1. The average Bonchev–Trinajstić information content (AvgIpc) is 2.67. The Kier molecular flexibility index (Phi) is 5.81. The van der Waals surface area contributed by atoms with Crippen molar-refractivity contribution in [1.29, 1.82) is 0 Å². The smallest absolute Gasteiger partial charge is 0.237 e. The Morgan fingerprint density at radius 2 is 1.96 bits per heavy atom. The van der Waals surface area contributed by atoms with Crippen molar-refractivity contribution in [2.75, 3.05) is 18.1 Å². The highest BCUT2D eigenvalue weighted by Crippen LogP contribution is 2.20. The van der Waals surface area contributed by atoms with E-state index < -0.39 is 0 Å². The third-order valence-electron chi connectivity index (χ3n) is 4.58. The van der Waals surface area contributed by atoms with E-state index in [2.05, 4.69) is 35.8 Å². The number of carbonyl (C=O) groups excluding carboxylic acids is 1. The molecule has 3 rings (SSSR count). The first-order valence-electron chi connectivity index (χ1n) is 8.72. The van der Waals surface area contributed by atoms with Crippen LogP contribution < -0.4 is 10.3 Å². The van der Waals surface area contributed by atoms with Crippen LogP contribution in [0.5, 0.6) is 0 Å². The summed E-state index contributed by atoms with van der Waals surface area (Å²) in [5.74, 6) is 0.130. The molecule has 1 fully saturated rings. The van der Waals surface area contributed by atoms with Crippen LogP contribution in [0.1, 0.15) is 11.1 Å². The number of nitrogens with zero attached hydrogens (tertiary/aromatic N) is 3. The molecule has 0 aliphatic carbocycles. The van der Waals surface area contributed by atoms with Crippen LogP contribution in [-0.2, 0) is 17.8 Å². The molecule has 0 radical (unpaired) electrons. The number of hydrogen-bond donors (Lipinski definition) is 1. The molecule has 26 heavy (non-hydrogen) atoms. The van der Waals surface area contributed by atoms with Crippen molar-refractivity contribution < 1.29 is 4.79 Å². The molecule has 1 aliphatic rings. The van der Waals surface area contributed by atoms with Crippen molar-refractivity contribution in [2.45, 2.75) is 19.0 Å². The number of hydrogen-bond acceptors (Lipinski definition) is 4. The quantitative estimate of drug-likeness (QED) is 0.618. The van der Waals surface area contributed by atoms with Crippen molar-refractivity contribution in [1.82, 2.24) is 10.2 Å². The van der Waals surface area contributed by atoms with Crippen LogP contribution in [0.25, 0.3) is 0 Å². The molecule has 2 aromatic carbocycles. The van der Waals surface area contributed by atoms with Crippen molar-refractivity contribution in [3.63, 3.8) is 0 Å². The largest absolute Gasteiger partial charge is 0.333 e. The van der Waals surface area contributed by atoms with Crippen molar-refractivity contribution in [3.05, 3.63) is 78.5 Å². The van der Waals surface area contributed by atoms with Crippen LogP contribution in [0.4, 0.5) is 5.69 Å². The molecule has 1 amide bonds. The molecule has 0 spiro atoms. The molecule has 5 heteroatoms. The van der Waals surface area contributed by atoms with E-state index in [9.17, 15) is 4.79 Å². The fraction of sp³-hybridized carbons (Fsp3) is 0.238. The Morgan fingerprint density at radius 3 is 2.69 bits per heavy atom. The van der Waals surface area contributed by atoms with Crippen LogP contribution >= 0.6 is 0 Å². The van der Waals surface area contributed by atoms with Gasteiger partial charge in [0.25, 0.3) is 0 Å². The lowest BCUT2D eigenvalue weighted by atomic mass is 10.0. The SMILES string of the molecule is C=CN(N=C)c1cccc(CN2C(=O)CNC[C@@H]2Cc2ccccc2)c1. The lowest BCUT2D eigenvalue weighted by Gasteiger charge is -2.36. The number of anilines is 1. The fourth-order valence-electron chi connectivity index (χ4n) is 3.29. The second kappa shape index (κ2) is 8.45. The van der Waals surface area contributed by atoms with E-state index >= 15 is 0 Å². The van der Waals surface area contributed by atoms with Gasteiger partial charge in [0.1, 0.15) is 0 Å². The zero-order chi connectivity index (χ0) is 18.4. The minimum absolute atomic E-state index is 0.130. The number of amides is 1. The zero-order valence-corrected chi connectivity index (χ0v) is 14.8. The molecule has 0 bridgehead atoms. The molecule has 5 nitrogen and oxygen atoms in total. The third kappa shape index (κ3) is 4.18. The maximum absolute atomic E-state index is 12.5. The predicted octanol–water partition coefficient (Wildman–Crippen LogP) is 2.80. The van der Waals surface area contributed by atoms with E-state index in [-0.39, 0.29) is 11.9 Å². The van der Waals surface area contributed by atoms with Gasteiger partial charge in [-0.25, -0.2) is 5.01 Å². The maximum Gasteiger partial charge on any atom is 0.237 e. The molecule has 2 aromatic rings. The number of piperazine rings is 1. The predicted molar refractivity (Wildman–Crippen MR) is 106 cm³/mol. The normalized spacial score (nSPS) is 17.0. The lowest BCUT2D eigenvalue weighted by molar-refractivity contribution is -0.135. The summed E-state index contributed by atoms with van der Waals surface area (Å²) in [5.41, 5.74) is 3.18. The van der Waals surface area contributed by atoms with Crippen molar-refractivity contribution >= 4 is 18.3 Å². The van der Waals surface area contributed by atoms with Gasteiger partial charge in [0.15, 0.2) is 0 Å². The Bertz CT molecular complexity index is 767. The van der Waals surface area contributed by atoms with Crippen LogP contribution in [-0.4, -0.2) is 36.7 Å². The highest BCUT2D eigenvalue weighted by molar-refractivity contribution is 5.79. The van der Waals surface area contributed by atoms with Gasteiger partial charge in [0.2, 0.25) is 5.91 Å². The topological polar surface area (TPSA) is 47.9 Å². The van der Waals surface area contributed by atoms with Gasteiger partial charge in [-0.05, 0) is 29.7 Å². The molecule has 1 heterocycles. The van der Waals surface area contributed by atoms with E-state index in [0.29, 0.717) is 13.1 Å². The van der Waals surface area contributed by atoms with Gasteiger partial charge in [-0.3, -0.25) is 4.79 Å². The van der Waals surface area contributed by atoms with E-state index in [4.69, 9.17) is 0 Å². The minimum atomic E-state index is 0.130. The van der Waals surface area contributed by atoms with Crippen molar-refractivity contribution in [3.8, 4) is 0 Å². The molecular formula is C21H24N4O. The Morgan fingerprint density at radius 1 is 1.19 bits per heavy atom. The van der Waals surface area contributed by atoms with E-state index in [1.165, 1.54) is 5.56 Å². The van der Waals surface area contributed by atoms with Gasteiger partial charge < -0.3 is 10.2 Å². The van der Waals surface area contributed by atoms with Crippen molar-refractivity contribution in [2.24, 2.45) is 5.10 Å². The van der Waals surface area contributed by atoms with Crippen LogP contribution in [0, 0.1) is 0 Å². The van der Waals surface area contributed by atoms with Gasteiger partial charge in [-0.1, -0.05) is 49.0 Å². The number of rotatable bonds is 7. The maximum atomic E-state index is 12.5. The van der Waals surface area contributed by atoms with Gasteiger partial charge in [-0.2, -0.15) is 5.10 Å². The number of hydrazone groups is 1. The number of benzene rings is 2. The zero-order valence-electron chi connectivity index (χ0n) is 14.8. The summed E-state index contributed by atoms with van der Waals surface area (Å²) in [4.78, 5) is 14.5. The molecule has 134 valence electrons. The molecule has 0 aromatic heterocycles. The molecule has 1 aliphatic heterocycles. The molecule has 1 N–H and O–H groups in total. The third-order valence-corrected chi connectivity index (χ3v) is 4.58. The molecule has 0 saturated carbocycles. The molecule has 1 saturated heterocycles. The Balaban J connectivity index is 1.78. The molecular weight excluding hydrogens is 324 g/mol. The lowest BCUT2D eigenvalue weighted by Crippen LogP contribution is -2.55. The summed E-state index contributed by atoms with van der Waals surface area (Å²) in [6, 6.07) is 18.4. The summed E-state index contributed by atoms with van der Waals surface area (Å²) in [7, 11) is 0. The number of nitrogens with one attached hydrogen (secondary N) is 1. The first-order valence-corrected chi connectivity index (χ1v) is 8.72. The monoisotopic (exact) mass is 348 g/mol. The summed E-state index contributed by atoms with van der Waals surface area (Å²) >= 11 is 0. The Hall–Kier alpha value is -2.92. The first kappa shape index (κ1) is 17.9. The highest BCUT2D eigenvalue weighted by atomic mass is 16.2. The van der Waals surface area contributed by atoms with Crippen LogP contribution in [0.2, 0.25) is 0 Å².